The highest BCUT2D eigenvalue weighted by molar-refractivity contribution is 6.33. The predicted octanol–water partition coefficient (Wildman–Crippen LogP) is 2.48. The van der Waals surface area contributed by atoms with Crippen LogP contribution in [-0.2, 0) is 4.74 Å². The van der Waals surface area contributed by atoms with E-state index in [1.807, 2.05) is 0 Å². The van der Waals surface area contributed by atoms with Gasteiger partial charge in [-0.05, 0) is 24.6 Å². The molecule has 1 aromatic heterocycles. The standard InChI is InChI=1S/C12H12ClN3O2/c13-10-2-1-8(14)5-9(10)12-15-11(16-18-12)7-3-4-17-6-7/h1-2,5,7H,3-4,6,14H2. The molecule has 1 fully saturated rings. The van der Waals surface area contributed by atoms with Crippen molar-refractivity contribution in [2.24, 2.45) is 0 Å². The number of nitrogens with zero attached hydrogens (tertiary/aromatic N) is 2. The smallest absolute Gasteiger partial charge is 0.259 e. The maximum absolute atomic E-state index is 6.09. The van der Waals surface area contributed by atoms with E-state index in [0.717, 1.165) is 13.0 Å². The molecular weight excluding hydrogens is 254 g/mol. The van der Waals surface area contributed by atoms with E-state index in [1.165, 1.54) is 0 Å². The number of hydrogen-bond acceptors (Lipinski definition) is 5. The van der Waals surface area contributed by atoms with Crippen molar-refractivity contribution in [2.75, 3.05) is 18.9 Å². The number of nitrogen functional groups attached to an aromatic ring is 1. The Labute approximate surface area is 109 Å². The molecule has 5 nitrogen and oxygen atoms in total. The monoisotopic (exact) mass is 265 g/mol. The predicted molar refractivity (Wildman–Crippen MR) is 67.3 cm³/mol. The largest absolute Gasteiger partial charge is 0.399 e. The maximum Gasteiger partial charge on any atom is 0.259 e. The van der Waals surface area contributed by atoms with E-state index in [1.54, 1.807) is 18.2 Å². The first-order valence-electron chi connectivity index (χ1n) is 5.71. The third-order valence-corrected chi connectivity index (χ3v) is 3.29. The second-order valence-corrected chi connectivity index (χ2v) is 4.66. The van der Waals surface area contributed by atoms with E-state index in [2.05, 4.69) is 10.1 Å². The minimum Gasteiger partial charge on any atom is -0.399 e. The Hall–Kier alpha value is -1.59. The van der Waals surface area contributed by atoms with Gasteiger partial charge in [-0.3, -0.25) is 0 Å². The van der Waals surface area contributed by atoms with Crippen LogP contribution in [0.3, 0.4) is 0 Å². The highest BCUT2D eigenvalue weighted by atomic mass is 35.5. The van der Waals surface area contributed by atoms with Crippen molar-refractivity contribution in [3.05, 3.63) is 29.0 Å². The molecule has 2 N–H and O–H groups in total. The van der Waals surface area contributed by atoms with Crippen molar-refractivity contribution >= 4 is 17.3 Å². The van der Waals surface area contributed by atoms with Gasteiger partial charge in [0.15, 0.2) is 5.82 Å². The Balaban J connectivity index is 1.94. The van der Waals surface area contributed by atoms with Gasteiger partial charge in [-0.1, -0.05) is 16.8 Å². The summed E-state index contributed by atoms with van der Waals surface area (Å²) in [5.74, 6) is 1.28. The molecule has 2 aromatic rings. The lowest BCUT2D eigenvalue weighted by molar-refractivity contribution is 0.192. The summed E-state index contributed by atoms with van der Waals surface area (Å²) in [5, 5.41) is 4.52. The molecule has 0 saturated carbocycles. The van der Waals surface area contributed by atoms with Gasteiger partial charge in [0, 0.05) is 18.2 Å². The molecule has 18 heavy (non-hydrogen) atoms. The van der Waals surface area contributed by atoms with Crippen molar-refractivity contribution in [3.8, 4) is 11.5 Å². The number of hydrogen-bond donors (Lipinski definition) is 1. The van der Waals surface area contributed by atoms with E-state index in [-0.39, 0.29) is 5.92 Å². The van der Waals surface area contributed by atoms with Gasteiger partial charge < -0.3 is 15.0 Å². The van der Waals surface area contributed by atoms with Crippen LogP contribution in [0.5, 0.6) is 0 Å². The first-order chi connectivity index (χ1) is 8.74. The van der Waals surface area contributed by atoms with Crippen LogP contribution in [0.15, 0.2) is 22.7 Å². The fraction of sp³-hybridized carbons (Fsp3) is 0.333. The Morgan fingerprint density at radius 2 is 2.28 bits per heavy atom. The Kier molecular flexibility index (Phi) is 2.93. The van der Waals surface area contributed by atoms with E-state index in [4.69, 9.17) is 26.6 Å². The van der Waals surface area contributed by atoms with Crippen molar-refractivity contribution in [1.82, 2.24) is 10.1 Å². The van der Waals surface area contributed by atoms with Gasteiger partial charge in [-0.15, -0.1) is 0 Å². The van der Waals surface area contributed by atoms with Crippen LogP contribution >= 0.6 is 11.6 Å². The summed E-state index contributed by atoms with van der Waals surface area (Å²) in [6.45, 7) is 1.39. The molecule has 1 aliphatic rings. The zero-order chi connectivity index (χ0) is 12.5. The molecular formula is C12H12ClN3O2. The van der Waals surface area contributed by atoms with Crippen LogP contribution in [0.1, 0.15) is 18.2 Å². The van der Waals surface area contributed by atoms with E-state index in [9.17, 15) is 0 Å². The average Bonchev–Trinajstić information content (AvgIpc) is 3.00. The van der Waals surface area contributed by atoms with Crippen LogP contribution in [0, 0.1) is 0 Å². The van der Waals surface area contributed by atoms with Crippen molar-refractivity contribution in [1.29, 1.82) is 0 Å². The number of halogens is 1. The van der Waals surface area contributed by atoms with Crippen molar-refractivity contribution in [2.45, 2.75) is 12.3 Å². The Morgan fingerprint density at radius 1 is 1.39 bits per heavy atom. The molecule has 0 amide bonds. The molecule has 94 valence electrons. The SMILES string of the molecule is Nc1ccc(Cl)c(-c2nc(C3CCOC3)no2)c1. The van der Waals surface area contributed by atoms with Gasteiger partial charge in [0.25, 0.3) is 5.89 Å². The van der Waals surface area contributed by atoms with Crippen LogP contribution in [-0.4, -0.2) is 23.4 Å². The second-order valence-electron chi connectivity index (χ2n) is 4.26. The van der Waals surface area contributed by atoms with Crippen LogP contribution in [0.4, 0.5) is 5.69 Å². The lowest BCUT2D eigenvalue weighted by Crippen LogP contribution is -1.99. The minimum absolute atomic E-state index is 0.210. The summed E-state index contributed by atoms with van der Waals surface area (Å²) in [7, 11) is 0. The highest BCUT2D eigenvalue weighted by Crippen LogP contribution is 2.30. The van der Waals surface area contributed by atoms with Gasteiger partial charge in [0.05, 0.1) is 17.2 Å². The van der Waals surface area contributed by atoms with Gasteiger partial charge in [0.2, 0.25) is 0 Å². The minimum atomic E-state index is 0.210. The topological polar surface area (TPSA) is 74.2 Å². The fourth-order valence-electron chi connectivity index (χ4n) is 1.96. The zero-order valence-corrected chi connectivity index (χ0v) is 10.4. The number of anilines is 1. The Bertz CT molecular complexity index is 564. The van der Waals surface area contributed by atoms with Crippen molar-refractivity contribution in [3.63, 3.8) is 0 Å². The molecule has 1 atom stereocenters. The number of nitrogens with two attached hydrogens (primary N) is 1. The van der Waals surface area contributed by atoms with Crippen LogP contribution in [0.2, 0.25) is 5.02 Å². The van der Waals surface area contributed by atoms with Crippen LogP contribution < -0.4 is 5.73 Å². The first kappa shape index (κ1) is 11.5. The van der Waals surface area contributed by atoms with Gasteiger partial charge in [0.1, 0.15) is 0 Å². The van der Waals surface area contributed by atoms with E-state index in [0.29, 0.717) is 34.6 Å². The molecule has 0 bridgehead atoms. The number of ether oxygens (including phenoxy) is 1. The second kappa shape index (κ2) is 4.59. The van der Waals surface area contributed by atoms with Gasteiger partial charge in [-0.25, -0.2) is 0 Å². The fourth-order valence-corrected chi connectivity index (χ4v) is 2.15. The first-order valence-corrected chi connectivity index (χ1v) is 6.08. The normalized spacial score (nSPS) is 19.3. The summed E-state index contributed by atoms with van der Waals surface area (Å²) < 4.78 is 10.5. The third-order valence-electron chi connectivity index (χ3n) is 2.96. The number of benzene rings is 1. The summed E-state index contributed by atoms with van der Waals surface area (Å²) in [6, 6.07) is 5.17. The van der Waals surface area contributed by atoms with Gasteiger partial charge >= 0.3 is 0 Å². The van der Waals surface area contributed by atoms with E-state index < -0.39 is 0 Å². The molecule has 6 heteroatoms. The summed E-state index contributed by atoms with van der Waals surface area (Å²) in [6.07, 6.45) is 0.920. The number of aromatic nitrogens is 2. The molecule has 1 unspecified atom stereocenters. The lowest BCUT2D eigenvalue weighted by atomic mass is 10.1. The molecule has 1 aliphatic heterocycles. The summed E-state index contributed by atoms with van der Waals surface area (Å²) in [5.41, 5.74) is 7.00. The average molecular weight is 266 g/mol. The number of rotatable bonds is 2. The lowest BCUT2D eigenvalue weighted by Gasteiger charge is -2.00. The van der Waals surface area contributed by atoms with E-state index >= 15 is 0 Å². The quantitative estimate of drug-likeness (QED) is 0.845. The molecule has 1 saturated heterocycles. The summed E-state index contributed by atoms with van der Waals surface area (Å²) in [4.78, 5) is 4.37. The van der Waals surface area contributed by atoms with Crippen LogP contribution in [0.25, 0.3) is 11.5 Å². The highest BCUT2D eigenvalue weighted by Gasteiger charge is 2.24. The molecule has 0 spiro atoms. The molecule has 2 heterocycles. The summed E-state index contributed by atoms with van der Waals surface area (Å²) >= 11 is 6.09. The van der Waals surface area contributed by atoms with Gasteiger partial charge in [-0.2, -0.15) is 4.98 Å². The Morgan fingerprint density at radius 3 is 3.06 bits per heavy atom. The zero-order valence-electron chi connectivity index (χ0n) is 9.60. The molecule has 0 radical (unpaired) electrons. The molecule has 1 aromatic carbocycles. The molecule has 0 aliphatic carbocycles. The third kappa shape index (κ3) is 2.07. The molecule has 3 rings (SSSR count). The van der Waals surface area contributed by atoms with Crippen molar-refractivity contribution < 1.29 is 9.26 Å². The maximum atomic E-state index is 6.09.